The van der Waals surface area contributed by atoms with E-state index in [4.69, 9.17) is 11.2 Å². The molecule has 0 bridgehead atoms. The number of fused-ring (bicyclic) bond motifs is 1. The lowest BCUT2D eigenvalue weighted by atomic mass is 9.69. The van der Waals surface area contributed by atoms with E-state index in [9.17, 15) is 0 Å². The smallest absolute Gasteiger partial charge is 0.134 e. The van der Waals surface area contributed by atoms with Gasteiger partial charge in [0.2, 0.25) is 0 Å². The van der Waals surface area contributed by atoms with Crippen LogP contribution in [0.1, 0.15) is 65.7 Å². The SMILES string of the molecule is C#CCN1[C@H](C2=CCCCC2)O[C@@H]2C[C@H](C)CC[C@H]2C1(C)C. The van der Waals surface area contributed by atoms with E-state index in [-0.39, 0.29) is 11.8 Å². The zero-order chi connectivity index (χ0) is 15.7. The van der Waals surface area contributed by atoms with Gasteiger partial charge in [0, 0.05) is 11.5 Å². The summed E-state index contributed by atoms with van der Waals surface area (Å²) in [5.74, 6) is 4.28. The first-order valence-electron chi connectivity index (χ1n) is 9.08. The minimum Gasteiger partial charge on any atom is -0.356 e. The van der Waals surface area contributed by atoms with Crippen LogP contribution >= 0.6 is 0 Å². The molecule has 1 saturated carbocycles. The third-order valence-corrected chi connectivity index (χ3v) is 6.19. The van der Waals surface area contributed by atoms with Crippen LogP contribution in [-0.2, 0) is 4.74 Å². The summed E-state index contributed by atoms with van der Waals surface area (Å²) < 4.78 is 6.66. The topological polar surface area (TPSA) is 12.5 Å². The number of rotatable bonds is 2. The molecule has 0 unspecified atom stereocenters. The van der Waals surface area contributed by atoms with Gasteiger partial charge in [-0.2, -0.15) is 0 Å². The second kappa shape index (κ2) is 6.38. The molecule has 1 saturated heterocycles. The summed E-state index contributed by atoms with van der Waals surface area (Å²) in [5.41, 5.74) is 1.60. The third kappa shape index (κ3) is 2.86. The number of allylic oxidation sites excluding steroid dienone is 1. The van der Waals surface area contributed by atoms with Gasteiger partial charge >= 0.3 is 0 Å². The number of ether oxygens (including phenoxy) is 1. The Kier molecular flexibility index (Phi) is 4.67. The molecule has 2 aliphatic carbocycles. The van der Waals surface area contributed by atoms with Gasteiger partial charge in [-0.15, -0.1) is 6.42 Å². The number of terminal acetylenes is 1. The molecule has 0 spiro atoms. The fraction of sp³-hybridized carbons (Fsp3) is 0.800. The molecule has 3 rings (SSSR count). The van der Waals surface area contributed by atoms with E-state index < -0.39 is 0 Å². The first kappa shape index (κ1) is 16.1. The van der Waals surface area contributed by atoms with Crippen LogP contribution < -0.4 is 0 Å². The van der Waals surface area contributed by atoms with E-state index in [1.165, 1.54) is 50.5 Å². The summed E-state index contributed by atoms with van der Waals surface area (Å²) in [4.78, 5) is 2.46. The highest BCUT2D eigenvalue weighted by Gasteiger charge is 2.50. The first-order chi connectivity index (χ1) is 10.5. The maximum atomic E-state index is 6.66. The van der Waals surface area contributed by atoms with Gasteiger partial charge in [-0.25, -0.2) is 0 Å². The lowest BCUT2D eigenvalue weighted by molar-refractivity contribution is -0.216. The summed E-state index contributed by atoms with van der Waals surface area (Å²) in [5, 5.41) is 0. The molecule has 122 valence electrons. The van der Waals surface area contributed by atoms with Gasteiger partial charge in [0.1, 0.15) is 6.23 Å². The normalized spacial score (nSPS) is 38.7. The van der Waals surface area contributed by atoms with Crippen molar-refractivity contribution in [3.8, 4) is 12.3 Å². The lowest BCUT2D eigenvalue weighted by Gasteiger charge is -2.57. The molecule has 3 aliphatic rings. The van der Waals surface area contributed by atoms with Crippen LogP contribution in [0, 0.1) is 24.2 Å². The van der Waals surface area contributed by atoms with Gasteiger partial charge in [-0.1, -0.05) is 25.3 Å². The molecular weight excluding hydrogens is 270 g/mol. The van der Waals surface area contributed by atoms with Crippen LogP contribution in [0.3, 0.4) is 0 Å². The van der Waals surface area contributed by atoms with Crippen molar-refractivity contribution in [1.29, 1.82) is 0 Å². The minimum absolute atomic E-state index is 0.109. The molecular formula is C20H31NO. The predicted octanol–water partition coefficient (Wildman–Crippen LogP) is 4.36. The summed E-state index contributed by atoms with van der Waals surface area (Å²) >= 11 is 0. The molecule has 0 radical (unpaired) electrons. The Morgan fingerprint density at radius 1 is 1.36 bits per heavy atom. The van der Waals surface area contributed by atoms with Crippen molar-refractivity contribution in [2.24, 2.45) is 11.8 Å². The third-order valence-electron chi connectivity index (χ3n) is 6.19. The average Bonchev–Trinajstić information content (AvgIpc) is 2.50. The maximum absolute atomic E-state index is 6.66. The van der Waals surface area contributed by atoms with Crippen molar-refractivity contribution >= 4 is 0 Å². The minimum atomic E-state index is 0.109. The van der Waals surface area contributed by atoms with E-state index in [0.717, 1.165) is 5.92 Å². The lowest BCUT2D eigenvalue weighted by Crippen LogP contribution is -2.65. The zero-order valence-corrected chi connectivity index (χ0v) is 14.5. The van der Waals surface area contributed by atoms with E-state index in [2.05, 4.69) is 37.7 Å². The van der Waals surface area contributed by atoms with E-state index in [0.29, 0.717) is 18.6 Å². The molecule has 0 aromatic rings. The van der Waals surface area contributed by atoms with E-state index in [1.54, 1.807) is 0 Å². The molecule has 0 aromatic carbocycles. The number of nitrogens with zero attached hydrogens (tertiary/aromatic N) is 1. The van der Waals surface area contributed by atoms with Crippen LogP contribution in [0.5, 0.6) is 0 Å². The van der Waals surface area contributed by atoms with Crippen LogP contribution in [0.15, 0.2) is 11.6 Å². The van der Waals surface area contributed by atoms with Gasteiger partial charge in [0.25, 0.3) is 0 Å². The Hall–Kier alpha value is -0.780. The highest BCUT2D eigenvalue weighted by atomic mass is 16.5. The fourth-order valence-corrected chi connectivity index (χ4v) is 4.80. The predicted molar refractivity (Wildman–Crippen MR) is 91.3 cm³/mol. The summed E-state index contributed by atoms with van der Waals surface area (Å²) in [6.07, 6.45) is 17.4. The molecule has 1 heterocycles. The molecule has 2 fully saturated rings. The van der Waals surface area contributed by atoms with Crippen molar-refractivity contribution in [2.75, 3.05) is 6.54 Å². The number of hydrogen-bond acceptors (Lipinski definition) is 2. The molecule has 0 N–H and O–H groups in total. The van der Waals surface area contributed by atoms with Crippen LogP contribution in [0.4, 0.5) is 0 Å². The van der Waals surface area contributed by atoms with E-state index in [1.807, 2.05) is 0 Å². The molecule has 22 heavy (non-hydrogen) atoms. The molecule has 2 nitrogen and oxygen atoms in total. The quantitative estimate of drug-likeness (QED) is 0.555. The van der Waals surface area contributed by atoms with Crippen molar-refractivity contribution < 1.29 is 4.74 Å². The Labute approximate surface area is 136 Å². The summed E-state index contributed by atoms with van der Waals surface area (Å²) in [6.45, 7) is 7.83. The second-order valence-electron chi connectivity index (χ2n) is 8.06. The summed E-state index contributed by atoms with van der Waals surface area (Å²) in [6, 6.07) is 0. The Morgan fingerprint density at radius 2 is 2.18 bits per heavy atom. The van der Waals surface area contributed by atoms with Crippen molar-refractivity contribution in [1.82, 2.24) is 4.90 Å². The first-order valence-corrected chi connectivity index (χ1v) is 9.08. The fourth-order valence-electron chi connectivity index (χ4n) is 4.80. The number of hydrogen-bond donors (Lipinski definition) is 0. The Bertz CT molecular complexity index is 473. The second-order valence-corrected chi connectivity index (χ2v) is 8.06. The largest absolute Gasteiger partial charge is 0.356 e. The van der Waals surface area contributed by atoms with Crippen molar-refractivity contribution in [3.63, 3.8) is 0 Å². The van der Waals surface area contributed by atoms with Gasteiger partial charge < -0.3 is 4.74 Å². The summed E-state index contributed by atoms with van der Waals surface area (Å²) in [7, 11) is 0. The molecule has 1 aliphatic heterocycles. The molecule has 0 amide bonds. The average molecular weight is 301 g/mol. The molecule has 2 heteroatoms. The van der Waals surface area contributed by atoms with Crippen molar-refractivity contribution in [3.05, 3.63) is 11.6 Å². The van der Waals surface area contributed by atoms with Gasteiger partial charge in [-0.3, -0.25) is 4.90 Å². The van der Waals surface area contributed by atoms with Crippen LogP contribution in [-0.4, -0.2) is 29.3 Å². The zero-order valence-electron chi connectivity index (χ0n) is 14.5. The van der Waals surface area contributed by atoms with E-state index >= 15 is 0 Å². The molecule has 0 aromatic heterocycles. The van der Waals surface area contributed by atoms with Gasteiger partial charge in [-0.05, 0) is 63.9 Å². The van der Waals surface area contributed by atoms with Crippen LogP contribution in [0.25, 0.3) is 0 Å². The van der Waals surface area contributed by atoms with Gasteiger partial charge in [0.05, 0.1) is 12.6 Å². The standard InChI is InChI=1S/C20H31NO/c1-5-13-21-19(16-9-7-6-8-10-16)22-18-14-15(2)11-12-17(18)20(21,3)4/h1,9,15,17-19H,6-8,10-14H2,2-4H3/t15-,17-,18-,19+/m1/s1. The van der Waals surface area contributed by atoms with Crippen LogP contribution in [0.2, 0.25) is 0 Å². The monoisotopic (exact) mass is 301 g/mol. The Morgan fingerprint density at radius 3 is 2.86 bits per heavy atom. The van der Waals surface area contributed by atoms with Crippen molar-refractivity contribution in [2.45, 2.75) is 83.6 Å². The Balaban J connectivity index is 1.90. The highest BCUT2D eigenvalue weighted by Crippen LogP contribution is 2.46. The highest BCUT2D eigenvalue weighted by molar-refractivity contribution is 5.16. The molecule has 4 atom stereocenters. The maximum Gasteiger partial charge on any atom is 0.134 e. The van der Waals surface area contributed by atoms with Gasteiger partial charge in [0.15, 0.2) is 0 Å².